The smallest absolute Gasteiger partial charge is 0.404 e. The molecular formula is C23H35N3O2. The van der Waals surface area contributed by atoms with Crippen molar-refractivity contribution >= 4 is 6.09 Å². The highest BCUT2D eigenvalue weighted by Crippen LogP contribution is 2.42. The van der Waals surface area contributed by atoms with Gasteiger partial charge in [-0.15, -0.1) is 0 Å². The van der Waals surface area contributed by atoms with Crippen LogP contribution in [0.4, 0.5) is 4.79 Å². The van der Waals surface area contributed by atoms with Crippen molar-refractivity contribution in [3.05, 3.63) is 35.4 Å². The summed E-state index contributed by atoms with van der Waals surface area (Å²) >= 11 is 0. The molecule has 5 heteroatoms. The predicted octanol–water partition coefficient (Wildman–Crippen LogP) is 4.07. The molecule has 2 aliphatic heterocycles. The van der Waals surface area contributed by atoms with Gasteiger partial charge in [0.25, 0.3) is 0 Å². The molecule has 0 atom stereocenters. The van der Waals surface area contributed by atoms with Crippen LogP contribution in [0.25, 0.3) is 0 Å². The highest BCUT2D eigenvalue weighted by atomic mass is 16.4. The molecule has 28 heavy (non-hydrogen) atoms. The van der Waals surface area contributed by atoms with E-state index in [0.29, 0.717) is 12.0 Å². The summed E-state index contributed by atoms with van der Waals surface area (Å²) in [5.41, 5.74) is 2.89. The first-order valence-corrected chi connectivity index (χ1v) is 11.1. The molecule has 1 aliphatic carbocycles. The van der Waals surface area contributed by atoms with Gasteiger partial charge in [-0.3, -0.25) is 4.90 Å². The van der Waals surface area contributed by atoms with E-state index in [0.717, 1.165) is 18.2 Å². The summed E-state index contributed by atoms with van der Waals surface area (Å²) in [7, 11) is 0. The average molecular weight is 386 g/mol. The van der Waals surface area contributed by atoms with Crippen LogP contribution in [0, 0.1) is 5.41 Å². The molecular weight excluding hydrogens is 350 g/mol. The summed E-state index contributed by atoms with van der Waals surface area (Å²) < 4.78 is 0. The van der Waals surface area contributed by atoms with E-state index in [4.69, 9.17) is 5.11 Å². The fourth-order valence-electron chi connectivity index (χ4n) is 5.58. The van der Waals surface area contributed by atoms with Crippen LogP contribution in [0.5, 0.6) is 0 Å². The van der Waals surface area contributed by atoms with Gasteiger partial charge >= 0.3 is 6.09 Å². The molecule has 2 heterocycles. The zero-order valence-electron chi connectivity index (χ0n) is 17.0. The number of piperidine rings is 1. The number of nitrogens with one attached hydrogen (secondary N) is 1. The standard InChI is InChI=1S/C23H35N3O2/c27-22(28)24-16-19-6-8-20(9-7-19)17-25-13-10-23(18-25)11-14-26(15-12-23)21-4-2-1-3-5-21/h6-9,21,24H,1-5,10-18H2,(H,27,28). The van der Waals surface area contributed by atoms with E-state index in [1.807, 2.05) is 12.1 Å². The number of carbonyl (C=O) groups is 1. The van der Waals surface area contributed by atoms with Crippen molar-refractivity contribution in [2.45, 2.75) is 70.5 Å². The molecule has 1 aromatic carbocycles. The van der Waals surface area contributed by atoms with Crippen molar-refractivity contribution in [2.24, 2.45) is 5.41 Å². The lowest BCUT2D eigenvalue weighted by Crippen LogP contribution is -2.46. The molecule has 1 spiro atoms. The van der Waals surface area contributed by atoms with Gasteiger partial charge in [0.15, 0.2) is 0 Å². The van der Waals surface area contributed by atoms with E-state index >= 15 is 0 Å². The molecule has 5 nitrogen and oxygen atoms in total. The fourth-order valence-corrected chi connectivity index (χ4v) is 5.58. The van der Waals surface area contributed by atoms with Gasteiger partial charge in [-0.25, -0.2) is 4.79 Å². The summed E-state index contributed by atoms with van der Waals surface area (Å²) in [5.74, 6) is 0. The van der Waals surface area contributed by atoms with E-state index in [9.17, 15) is 4.79 Å². The molecule has 1 amide bonds. The number of benzene rings is 1. The lowest BCUT2D eigenvalue weighted by Gasteiger charge is -2.43. The molecule has 3 fully saturated rings. The molecule has 0 aromatic heterocycles. The minimum absolute atomic E-state index is 0.375. The predicted molar refractivity (Wildman–Crippen MR) is 111 cm³/mol. The summed E-state index contributed by atoms with van der Waals surface area (Å²) in [6.45, 7) is 6.47. The van der Waals surface area contributed by atoms with Crippen molar-refractivity contribution in [2.75, 3.05) is 26.2 Å². The van der Waals surface area contributed by atoms with Crippen molar-refractivity contribution in [1.29, 1.82) is 0 Å². The third-order valence-electron chi connectivity index (χ3n) is 7.34. The number of likely N-dealkylation sites (tertiary alicyclic amines) is 2. The third-order valence-corrected chi connectivity index (χ3v) is 7.34. The maximum atomic E-state index is 10.6. The Bertz CT molecular complexity index is 646. The topological polar surface area (TPSA) is 55.8 Å². The van der Waals surface area contributed by atoms with Gasteiger partial charge in [0.05, 0.1) is 0 Å². The van der Waals surface area contributed by atoms with Gasteiger partial charge in [-0.05, 0) is 68.3 Å². The number of nitrogens with zero attached hydrogens (tertiary/aromatic N) is 2. The minimum atomic E-state index is -0.971. The van der Waals surface area contributed by atoms with Gasteiger partial charge in [-0.1, -0.05) is 43.5 Å². The molecule has 1 saturated carbocycles. The minimum Gasteiger partial charge on any atom is -0.465 e. The average Bonchev–Trinajstić information content (AvgIpc) is 3.10. The van der Waals surface area contributed by atoms with E-state index in [-0.39, 0.29) is 0 Å². The summed E-state index contributed by atoms with van der Waals surface area (Å²) in [4.78, 5) is 16.0. The van der Waals surface area contributed by atoms with Crippen LogP contribution in [0.2, 0.25) is 0 Å². The molecule has 0 bridgehead atoms. The van der Waals surface area contributed by atoms with Gasteiger partial charge in [0, 0.05) is 25.7 Å². The number of rotatable bonds is 5. The first-order valence-electron chi connectivity index (χ1n) is 11.1. The molecule has 2 N–H and O–H groups in total. The molecule has 0 radical (unpaired) electrons. The Morgan fingerprint density at radius 1 is 1.00 bits per heavy atom. The molecule has 1 aromatic rings. The second kappa shape index (κ2) is 8.83. The Hall–Kier alpha value is -1.59. The van der Waals surface area contributed by atoms with Crippen LogP contribution in [-0.2, 0) is 13.1 Å². The van der Waals surface area contributed by atoms with Crippen LogP contribution in [-0.4, -0.2) is 53.2 Å². The number of amides is 1. The van der Waals surface area contributed by atoms with Crippen molar-refractivity contribution in [1.82, 2.24) is 15.1 Å². The van der Waals surface area contributed by atoms with Gasteiger partial charge in [0.2, 0.25) is 0 Å². The van der Waals surface area contributed by atoms with Crippen LogP contribution in [0.1, 0.15) is 62.5 Å². The first-order chi connectivity index (χ1) is 13.6. The van der Waals surface area contributed by atoms with E-state index in [1.165, 1.54) is 83.1 Å². The van der Waals surface area contributed by atoms with Crippen molar-refractivity contribution in [3.63, 3.8) is 0 Å². The first kappa shape index (κ1) is 19.7. The Kier molecular flexibility index (Phi) is 6.22. The number of hydrogen-bond donors (Lipinski definition) is 2. The highest BCUT2D eigenvalue weighted by Gasteiger charge is 2.41. The molecule has 154 valence electrons. The third kappa shape index (κ3) is 4.87. The van der Waals surface area contributed by atoms with E-state index in [1.54, 1.807) is 0 Å². The normalized spacial score (nSPS) is 23.9. The Balaban J connectivity index is 1.24. The van der Waals surface area contributed by atoms with Gasteiger partial charge in [0.1, 0.15) is 0 Å². The largest absolute Gasteiger partial charge is 0.465 e. The Labute approximate surface area is 169 Å². The van der Waals surface area contributed by atoms with Crippen LogP contribution >= 0.6 is 0 Å². The van der Waals surface area contributed by atoms with Crippen molar-refractivity contribution < 1.29 is 9.90 Å². The second-order valence-electron chi connectivity index (χ2n) is 9.26. The SMILES string of the molecule is O=C(O)NCc1ccc(CN2CCC3(CCN(C4CCCCC4)CC3)C2)cc1. The number of hydrogen-bond acceptors (Lipinski definition) is 3. The maximum Gasteiger partial charge on any atom is 0.404 e. The highest BCUT2D eigenvalue weighted by molar-refractivity contribution is 5.64. The van der Waals surface area contributed by atoms with Crippen LogP contribution < -0.4 is 5.32 Å². The van der Waals surface area contributed by atoms with E-state index in [2.05, 4.69) is 27.2 Å². The Morgan fingerprint density at radius 3 is 2.32 bits per heavy atom. The monoisotopic (exact) mass is 385 g/mol. The fraction of sp³-hybridized carbons (Fsp3) is 0.696. The van der Waals surface area contributed by atoms with Crippen molar-refractivity contribution in [3.8, 4) is 0 Å². The summed E-state index contributed by atoms with van der Waals surface area (Å²) in [6.07, 6.45) is 10.3. The van der Waals surface area contributed by atoms with Gasteiger partial charge in [-0.2, -0.15) is 0 Å². The molecule has 3 aliphatic rings. The second-order valence-corrected chi connectivity index (χ2v) is 9.26. The lowest BCUT2D eigenvalue weighted by molar-refractivity contribution is 0.0615. The van der Waals surface area contributed by atoms with Crippen LogP contribution in [0.3, 0.4) is 0 Å². The molecule has 2 saturated heterocycles. The Morgan fingerprint density at radius 2 is 1.64 bits per heavy atom. The number of carboxylic acid groups (broad SMARTS) is 1. The molecule has 0 unspecified atom stereocenters. The quantitative estimate of drug-likeness (QED) is 0.802. The van der Waals surface area contributed by atoms with Crippen LogP contribution in [0.15, 0.2) is 24.3 Å². The molecule has 4 rings (SSSR count). The van der Waals surface area contributed by atoms with Gasteiger partial charge < -0.3 is 15.3 Å². The maximum absolute atomic E-state index is 10.6. The zero-order chi connectivity index (χ0) is 19.4. The lowest BCUT2D eigenvalue weighted by atomic mass is 9.77. The zero-order valence-corrected chi connectivity index (χ0v) is 17.0. The summed E-state index contributed by atoms with van der Waals surface area (Å²) in [5, 5.41) is 11.1. The van der Waals surface area contributed by atoms with E-state index < -0.39 is 6.09 Å². The summed E-state index contributed by atoms with van der Waals surface area (Å²) in [6, 6.07) is 9.25.